The molecule has 0 aliphatic heterocycles. The highest BCUT2D eigenvalue weighted by molar-refractivity contribution is 5.41. The van der Waals surface area contributed by atoms with Crippen LogP contribution >= 0.6 is 0 Å². The lowest BCUT2D eigenvalue weighted by molar-refractivity contribution is 0.303. The molecule has 0 aliphatic rings. The number of anilines is 1. The van der Waals surface area contributed by atoms with Crippen LogP contribution in [-0.4, -0.2) is 0 Å². The van der Waals surface area contributed by atoms with Crippen LogP contribution < -0.4 is 10.5 Å². The average molecular weight is 231 g/mol. The summed E-state index contributed by atoms with van der Waals surface area (Å²) < 4.78 is 18.8. The van der Waals surface area contributed by atoms with E-state index in [0.717, 1.165) is 16.9 Å². The molecule has 0 radical (unpaired) electrons. The van der Waals surface area contributed by atoms with Crippen molar-refractivity contribution >= 4 is 5.69 Å². The van der Waals surface area contributed by atoms with Crippen LogP contribution in [0, 0.1) is 12.7 Å². The number of para-hydroxylation sites is 1. The average Bonchev–Trinajstić information content (AvgIpc) is 2.32. The summed E-state index contributed by atoms with van der Waals surface area (Å²) in [5, 5.41) is 0. The van der Waals surface area contributed by atoms with Crippen LogP contribution in [0.25, 0.3) is 0 Å². The molecule has 0 fully saturated rings. The fourth-order valence-electron chi connectivity index (χ4n) is 1.54. The monoisotopic (exact) mass is 231 g/mol. The fourth-order valence-corrected chi connectivity index (χ4v) is 1.54. The summed E-state index contributed by atoms with van der Waals surface area (Å²) >= 11 is 0. The van der Waals surface area contributed by atoms with E-state index in [1.165, 1.54) is 6.07 Å². The van der Waals surface area contributed by atoms with E-state index in [2.05, 4.69) is 0 Å². The first kappa shape index (κ1) is 11.5. The van der Waals surface area contributed by atoms with Gasteiger partial charge in [0.2, 0.25) is 0 Å². The van der Waals surface area contributed by atoms with Crippen molar-refractivity contribution in [3.8, 4) is 5.75 Å². The molecule has 2 aromatic carbocycles. The van der Waals surface area contributed by atoms with Gasteiger partial charge < -0.3 is 10.5 Å². The second-order valence-electron chi connectivity index (χ2n) is 3.91. The van der Waals surface area contributed by atoms with Gasteiger partial charge >= 0.3 is 0 Å². The van der Waals surface area contributed by atoms with Gasteiger partial charge in [-0.2, -0.15) is 0 Å². The molecule has 2 nitrogen and oxygen atoms in total. The normalized spacial score (nSPS) is 10.2. The number of nitrogens with two attached hydrogens (primary N) is 1. The molecule has 0 unspecified atom stereocenters. The molecule has 2 aromatic rings. The molecular weight excluding hydrogens is 217 g/mol. The summed E-state index contributed by atoms with van der Waals surface area (Å²) in [6.45, 7) is 2.31. The van der Waals surface area contributed by atoms with Gasteiger partial charge in [-0.25, -0.2) is 4.39 Å². The summed E-state index contributed by atoms with van der Waals surface area (Å²) in [6, 6.07) is 12.4. The Hall–Kier alpha value is -2.03. The molecule has 0 bridgehead atoms. The Bertz CT molecular complexity index is 525. The van der Waals surface area contributed by atoms with Crippen LogP contribution in [0.4, 0.5) is 10.1 Å². The van der Waals surface area contributed by atoms with Crippen molar-refractivity contribution in [1.29, 1.82) is 0 Å². The van der Waals surface area contributed by atoms with Gasteiger partial charge in [0, 0.05) is 0 Å². The number of ether oxygens (including phenoxy) is 1. The van der Waals surface area contributed by atoms with Crippen LogP contribution in [0.1, 0.15) is 11.1 Å². The number of hydrogen-bond donors (Lipinski definition) is 1. The Morgan fingerprint density at radius 3 is 2.65 bits per heavy atom. The lowest BCUT2D eigenvalue weighted by atomic mass is 10.2. The third kappa shape index (κ3) is 2.75. The van der Waals surface area contributed by atoms with Crippen molar-refractivity contribution in [2.24, 2.45) is 0 Å². The minimum atomic E-state index is -0.407. The van der Waals surface area contributed by atoms with E-state index in [1.807, 2.05) is 31.2 Å². The van der Waals surface area contributed by atoms with Crippen molar-refractivity contribution in [2.75, 3.05) is 5.73 Å². The number of nitrogen functional groups attached to an aromatic ring is 1. The van der Waals surface area contributed by atoms with Crippen molar-refractivity contribution in [3.05, 3.63) is 59.4 Å². The number of benzene rings is 2. The van der Waals surface area contributed by atoms with E-state index < -0.39 is 5.82 Å². The summed E-state index contributed by atoms with van der Waals surface area (Å²) in [5.41, 5.74) is 7.38. The topological polar surface area (TPSA) is 35.2 Å². The zero-order valence-electron chi connectivity index (χ0n) is 9.61. The molecule has 88 valence electrons. The van der Waals surface area contributed by atoms with Gasteiger partial charge in [0.05, 0.1) is 5.69 Å². The molecule has 0 heterocycles. The largest absolute Gasteiger partial charge is 0.489 e. The lowest BCUT2D eigenvalue weighted by Gasteiger charge is -2.09. The molecular formula is C14H14FNO. The third-order valence-electron chi connectivity index (χ3n) is 2.55. The minimum absolute atomic E-state index is 0.157. The minimum Gasteiger partial charge on any atom is -0.489 e. The van der Waals surface area contributed by atoms with Crippen molar-refractivity contribution in [1.82, 2.24) is 0 Å². The molecule has 0 saturated heterocycles. The number of halogens is 1. The molecule has 0 amide bonds. The first-order chi connectivity index (χ1) is 8.16. The number of aryl methyl sites for hydroxylation is 1. The Balaban J connectivity index is 2.08. The van der Waals surface area contributed by atoms with Crippen LogP contribution in [-0.2, 0) is 6.61 Å². The molecule has 0 atom stereocenters. The maximum atomic E-state index is 13.2. The fraction of sp³-hybridized carbons (Fsp3) is 0.143. The number of hydrogen-bond acceptors (Lipinski definition) is 2. The zero-order valence-corrected chi connectivity index (χ0v) is 9.61. The van der Waals surface area contributed by atoms with E-state index in [-0.39, 0.29) is 5.69 Å². The smallest absolute Gasteiger partial charge is 0.146 e. The number of rotatable bonds is 3. The Labute approximate surface area is 99.8 Å². The summed E-state index contributed by atoms with van der Waals surface area (Å²) in [5.74, 6) is 0.403. The second-order valence-corrected chi connectivity index (χ2v) is 3.91. The molecule has 2 rings (SSSR count). The van der Waals surface area contributed by atoms with Crippen molar-refractivity contribution in [3.63, 3.8) is 0 Å². The first-order valence-electron chi connectivity index (χ1n) is 5.39. The Morgan fingerprint density at radius 2 is 1.94 bits per heavy atom. The molecule has 0 aliphatic carbocycles. The van der Waals surface area contributed by atoms with Crippen LogP contribution in [0.2, 0.25) is 0 Å². The maximum Gasteiger partial charge on any atom is 0.146 e. The van der Waals surface area contributed by atoms with E-state index in [9.17, 15) is 4.39 Å². The molecule has 0 aromatic heterocycles. The van der Waals surface area contributed by atoms with Crippen LogP contribution in [0.5, 0.6) is 5.75 Å². The summed E-state index contributed by atoms with van der Waals surface area (Å²) in [4.78, 5) is 0. The van der Waals surface area contributed by atoms with Gasteiger partial charge in [-0.1, -0.05) is 24.3 Å². The van der Waals surface area contributed by atoms with Crippen LogP contribution in [0.15, 0.2) is 42.5 Å². The van der Waals surface area contributed by atoms with Crippen LogP contribution in [0.3, 0.4) is 0 Å². The van der Waals surface area contributed by atoms with E-state index in [4.69, 9.17) is 10.5 Å². The quantitative estimate of drug-likeness (QED) is 0.822. The van der Waals surface area contributed by atoms with Gasteiger partial charge in [-0.05, 0) is 36.2 Å². The van der Waals surface area contributed by atoms with Crippen molar-refractivity contribution < 1.29 is 9.13 Å². The van der Waals surface area contributed by atoms with E-state index in [1.54, 1.807) is 12.1 Å². The molecule has 0 saturated carbocycles. The van der Waals surface area contributed by atoms with Gasteiger partial charge in [-0.15, -0.1) is 0 Å². The summed E-state index contributed by atoms with van der Waals surface area (Å²) in [7, 11) is 0. The predicted octanol–water partition coefficient (Wildman–Crippen LogP) is 3.30. The molecule has 2 N–H and O–H groups in total. The highest BCUT2D eigenvalue weighted by atomic mass is 19.1. The molecule has 3 heteroatoms. The first-order valence-corrected chi connectivity index (χ1v) is 5.39. The molecule has 17 heavy (non-hydrogen) atoms. The highest BCUT2D eigenvalue weighted by Crippen LogP contribution is 2.19. The van der Waals surface area contributed by atoms with Gasteiger partial charge in [0.25, 0.3) is 0 Å². The Morgan fingerprint density at radius 1 is 1.18 bits per heavy atom. The highest BCUT2D eigenvalue weighted by Gasteiger charge is 2.02. The van der Waals surface area contributed by atoms with Gasteiger partial charge in [0.1, 0.15) is 18.2 Å². The van der Waals surface area contributed by atoms with Crippen molar-refractivity contribution in [2.45, 2.75) is 13.5 Å². The lowest BCUT2D eigenvalue weighted by Crippen LogP contribution is -1.99. The standard InChI is InChI=1S/C14H14FNO/c1-10-4-2-3-5-14(10)17-9-11-6-7-13(16)12(15)8-11/h2-8H,9,16H2,1H3. The maximum absolute atomic E-state index is 13.2. The Kier molecular flexibility index (Phi) is 3.28. The predicted molar refractivity (Wildman–Crippen MR) is 66.3 cm³/mol. The molecule has 0 spiro atoms. The SMILES string of the molecule is Cc1ccccc1OCc1ccc(N)c(F)c1. The third-order valence-corrected chi connectivity index (χ3v) is 2.55. The van der Waals surface area contributed by atoms with Gasteiger partial charge in [-0.3, -0.25) is 0 Å². The zero-order chi connectivity index (χ0) is 12.3. The second kappa shape index (κ2) is 4.87. The van der Waals surface area contributed by atoms with Gasteiger partial charge in [0.15, 0.2) is 0 Å². The summed E-state index contributed by atoms with van der Waals surface area (Å²) in [6.07, 6.45) is 0. The van der Waals surface area contributed by atoms with E-state index in [0.29, 0.717) is 6.61 Å². The van der Waals surface area contributed by atoms with E-state index >= 15 is 0 Å².